The first-order chi connectivity index (χ1) is 8.22. The first-order valence-corrected chi connectivity index (χ1v) is 5.22. The van der Waals surface area contributed by atoms with Gasteiger partial charge in [-0.15, -0.1) is 0 Å². The van der Waals surface area contributed by atoms with Gasteiger partial charge in [0.2, 0.25) is 5.88 Å². The third-order valence-electron chi connectivity index (χ3n) is 2.33. The number of aromatic nitrogens is 3. The lowest BCUT2D eigenvalue weighted by molar-refractivity contribution is 0.373. The number of hydrogen-bond donors (Lipinski definition) is 2. The predicted molar refractivity (Wildman–Crippen MR) is 66.8 cm³/mol. The number of nitrogens with one attached hydrogen (secondary N) is 2. The Labute approximate surface area is 99.6 Å². The average Bonchev–Trinajstić information content (AvgIpc) is 2.69. The summed E-state index contributed by atoms with van der Waals surface area (Å²) < 4.78 is 6.81. The van der Waals surface area contributed by atoms with Crippen molar-refractivity contribution in [2.45, 2.75) is 0 Å². The molecule has 17 heavy (non-hydrogen) atoms. The molecular formula is C11H15N5O. The van der Waals surface area contributed by atoms with Crippen molar-refractivity contribution in [2.24, 2.45) is 7.05 Å². The molecule has 0 atom stereocenters. The molecule has 90 valence electrons. The highest BCUT2D eigenvalue weighted by Gasteiger charge is 2.05. The molecule has 6 heteroatoms. The van der Waals surface area contributed by atoms with Crippen LogP contribution < -0.4 is 15.4 Å². The second-order valence-corrected chi connectivity index (χ2v) is 3.50. The van der Waals surface area contributed by atoms with Crippen LogP contribution in [0.1, 0.15) is 0 Å². The van der Waals surface area contributed by atoms with E-state index in [1.807, 2.05) is 32.3 Å². The Bertz CT molecular complexity index is 508. The minimum Gasteiger partial charge on any atom is -0.481 e. The summed E-state index contributed by atoms with van der Waals surface area (Å²) in [4.78, 5) is 4.14. The molecule has 0 spiro atoms. The summed E-state index contributed by atoms with van der Waals surface area (Å²) in [6.07, 6.45) is 1.73. The lowest BCUT2D eigenvalue weighted by atomic mass is 10.4. The molecule has 0 aliphatic carbocycles. The van der Waals surface area contributed by atoms with Crippen LogP contribution in [0, 0.1) is 0 Å². The third kappa shape index (κ3) is 2.47. The van der Waals surface area contributed by atoms with Crippen LogP contribution in [0.4, 0.5) is 17.3 Å². The van der Waals surface area contributed by atoms with Gasteiger partial charge in [0.05, 0.1) is 7.11 Å². The maximum absolute atomic E-state index is 5.14. The molecule has 0 saturated heterocycles. The van der Waals surface area contributed by atoms with Crippen LogP contribution in [-0.2, 0) is 7.05 Å². The average molecular weight is 233 g/mol. The summed E-state index contributed by atoms with van der Waals surface area (Å²) in [6, 6.07) is 5.61. The molecule has 0 radical (unpaired) electrons. The highest BCUT2D eigenvalue weighted by molar-refractivity contribution is 5.60. The molecule has 2 heterocycles. The molecule has 0 amide bonds. The van der Waals surface area contributed by atoms with Crippen molar-refractivity contribution in [3.05, 3.63) is 24.4 Å². The molecule has 0 aliphatic rings. The lowest BCUT2D eigenvalue weighted by Gasteiger charge is -2.04. The zero-order valence-electron chi connectivity index (χ0n) is 10.1. The highest BCUT2D eigenvalue weighted by Crippen LogP contribution is 2.20. The number of rotatable bonds is 4. The van der Waals surface area contributed by atoms with Crippen molar-refractivity contribution in [1.82, 2.24) is 14.8 Å². The quantitative estimate of drug-likeness (QED) is 0.840. The van der Waals surface area contributed by atoms with Gasteiger partial charge in [-0.2, -0.15) is 5.10 Å². The van der Waals surface area contributed by atoms with Gasteiger partial charge in [0, 0.05) is 38.1 Å². The Kier molecular flexibility index (Phi) is 3.13. The lowest BCUT2D eigenvalue weighted by Crippen LogP contribution is -1.97. The van der Waals surface area contributed by atoms with Gasteiger partial charge in [0.1, 0.15) is 5.82 Å². The van der Waals surface area contributed by atoms with Gasteiger partial charge in [-0.3, -0.25) is 0 Å². The second-order valence-electron chi connectivity index (χ2n) is 3.50. The highest BCUT2D eigenvalue weighted by atomic mass is 16.5. The van der Waals surface area contributed by atoms with E-state index in [0.717, 1.165) is 17.3 Å². The van der Waals surface area contributed by atoms with E-state index in [4.69, 9.17) is 4.74 Å². The maximum Gasteiger partial charge on any atom is 0.213 e. The fourth-order valence-corrected chi connectivity index (χ4v) is 1.50. The molecule has 0 aliphatic heterocycles. The number of nitrogens with zero attached hydrogens (tertiary/aromatic N) is 3. The Morgan fingerprint density at radius 1 is 1.29 bits per heavy atom. The number of methoxy groups -OCH3 is 1. The Morgan fingerprint density at radius 3 is 2.76 bits per heavy atom. The summed E-state index contributed by atoms with van der Waals surface area (Å²) in [5, 5.41) is 10.4. The van der Waals surface area contributed by atoms with Crippen molar-refractivity contribution < 1.29 is 4.74 Å². The van der Waals surface area contributed by atoms with Gasteiger partial charge in [-0.25, -0.2) is 9.67 Å². The van der Waals surface area contributed by atoms with Crippen molar-refractivity contribution in [2.75, 3.05) is 24.8 Å². The topological polar surface area (TPSA) is 64.0 Å². The number of anilines is 3. The fraction of sp³-hybridized carbons (Fsp3) is 0.273. The van der Waals surface area contributed by atoms with Crippen LogP contribution in [0.3, 0.4) is 0 Å². The molecule has 0 saturated carbocycles. The van der Waals surface area contributed by atoms with Crippen LogP contribution in [0.25, 0.3) is 0 Å². The number of pyridine rings is 1. The minimum absolute atomic E-state index is 0.704. The summed E-state index contributed by atoms with van der Waals surface area (Å²) in [5.74, 6) is 2.24. The summed E-state index contributed by atoms with van der Waals surface area (Å²) in [5.41, 5.74) is 0.921. The Balaban J connectivity index is 2.18. The molecule has 0 bridgehead atoms. The first-order valence-electron chi connectivity index (χ1n) is 5.22. The van der Waals surface area contributed by atoms with Crippen LogP contribution in [-0.4, -0.2) is 28.9 Å². The smallest absolute Gasteiger partial charge is 0.213 e. The largest absolute Gasteiger partial charge is 0.481 e. The van der Waals surface area contributed by atoms with E-state index in [2.05, 4.69) is 20.7 Å². The Morgan fingerprint density at radius 2 is 2.12 bits per heavy atom. The predicted octanol–water partition coefficient (Wildman–Crippen LogP) is 1.61. The molecule has 2 rings (SSSR count). The van der Waals surface area contributed by atoms with Crippen molar-refractivity contribution in [1.29, 1.82) is 0 Å². The van der Waals surface area contributed by atoms with Crippen LogP contribution in [0.15, 0.2) is 24.4 Å². The zero-order valence-corrected chi connectivity index (χ0v) is 10.1. The molecule has 2 aromatic heterocycles. The molecule has 2 N–H and O–H groups in total. The standard InChI is InChI=1S/C11H15N5O/c1-12-9-6-8(4-5-13-9)14-10-7-11(17-3)16(2)15-10/h4-7H,1-3H3,(H2,12,13,14,15). The molecule has 6 nitrogen and oxygen atoms in total. The minimum atomic E-state index is 0.704. The van der Waals surface area contributed by atoms with Crippen molar-refractivity contribution in [3.63, 3.8) is 0 Å². The van der Waals surface area contributed by atoms with E-state index in [1.165, 1.54) is 0 Å². The van der Waals surface area contributed by atoms with E-state index in [9.17, 15) is 0 Å². The van der Waals surface area contributed by atoms with Gasteiger partial charge in [0.25, 0.3) is 0 Å². The van der Waals surface area contributed by atoms with Gasteiger partial charge < -0.3 is 15.4 Å². The van der Waals surface area contributed by atoms with E-state index >= 15 is 0 Å². The monoisotopic (exact) mass is 233 g/mol. The van der Waals surface area contributed by atoms with E-state index in [-0.39, 0.29) is 0 Å². The van der Waals surface area contributed by atoms with Gasteiger partial charge in [0.15, 0.2) is 5.82 Å². The van der Waals surface area contributed by atoms with E-state index in [1.54, 1.807) is 18.0 Å². The molecule has 0 aromatic carbocycles. The van der Waals surface area contributed by atoms with Crippen LogP contribution in [0.5, 0.6) is 5.88 Å². The molecule has 0 unspecified atom stereocenters. The number of ether oxygens (including phenoxy) is 1. The summed E-state index contributed by atoms with van der Waals surface area (Å²) in [7, 11) is 5.28. The fourth-order valence-electron chi connectivity index (χ4n) is 1.50. The van der Waals surface area contributed by atoms with Gasteiger partial charge in [-0.05, 0) is 6.07 Å². The van der Waals surface area contributed by atoms with Crippen molar-refractivity contribution >= 4 is 17.3 Å². The van der Waals surface area contributed by atoms with Gasteiger partial charge in [-0.1, -0.05) is 0 Å². The SMILES string of the molecule is CNc1cc(Nc2cc(OC)n(C)n2)ccn1. The summed E-state index contributed by atoms with van der Waals surface area (Å²) in [6.45, 7) is 0. The van der Waals surface area contributed by atoms with E-state index in [0.29, 0.717) is 5.88 Å². The number of hydrogen-bond acceptors (Lipinski definition) is 5. The maximum atomic E-state index is 5.14. The Hall–Kier alpha value is -2.24. The molecule has 2 aromatic rings. The number of aryl methyl sites for hydroxylation is 1. The first kappa shape index (κ1) is 11.3. The van der Waals surface area contributed by atoms with Crippen molar-refractivity contribution in [3.8, 4) is 5.88 Å². The normalized spacial score (nSPS) is 10.1. The zero-order chi connectivity index (χ0) is 12.3. The second kappa shape index (κ2) is 4.73. The van der Waals surface area contributed by atoms with E-state index < -0.39 is 0 Å². The molecule has 0 fully saturated rings. The van der Waals surface area contributed by atoms with Crippen LogP contribution in [0.2, 0.25) is 0 Å². The molecular weight excluding hydrogens is 218 g/mol. The third-order valence-corrected chi connectivity index (χ3v) is 2.33. The van der Waals surface area contributed by atoms with Crippen LogP contribution >= 0.6 is 0 Å². The van der Waals surface area contributed by atoms with Gasteiger partial charge >= 0.3 is 0 Å². The summed E-state index contributed by atoms with van der Waals surface area (Å²) >= 11 is 0.